The second-order valence-corrected chi connectivity index (χ2v) is 6.02. The van der Waals surface area contributed by atoms with E-state index in [4.69, 9.17) is 0 Å². The van der Waals surface area contributed by atoms with Gasteiger partial charge in [0.2, 0.25) is 0 Å². The van der Waals surface area contributed by atoms with Gasteiger partial charge in [0.05, 0.1) is 5.56 Å². The van der Waals surface area contributed by atoms with Crippen LogP contribution in [-0.4, -0.2) is 5.91 Å². The number of carbonyl (C=O) groups excluding carboxylic acids is 1. The lowest BCUT2D eigenvalue weighted by molar-refractivity contribution is 0.103. The van der Waals surface area contributed by atoms with E-state index in [9.17, 15) is 4.79 Å². The standard InChI is InChI=1S/C22H17NO/c1-15-7-6-10-18(13-15)23-22(24)21-19-11-4-2-8-16(19)14-17-9-3-5-12-20(17)21/h2-14H,1H3,(H,23,24). The number of amides is 1. The van der Waals surface area contributed by atoms with E-state index in [1.54, 1.807) is 0 Å². The van der Waals surface area contributed by atoms with E-state index >= 15 is 0 Å². The van der Waals surface area contributed by atoms with Crippen LogP contribution in [0.5, 0.6) is 0 Å². The summed E-state index contributed by atoms with van der Waals surface area (Å²) in [5, 5.41) is 7.14. The highest BCUT2D eigenvalue weighted by Crippen LogP contribution is 2.29. The molecule has 0 aliphatic carbocycles. The Bertz CT molecular complexity index is 1010. The van der Waals surface area contributed by atoms with E-state index in [0.717, 1.165) is 38.4 Å². The van der Waals surface area contributed by atoms with Crippen molar-refractivity contribution < 1.29 is 4.79 Å². The Morgan fingerprint density at radius 2 is 1.38 bits per heavy atom. The topological polar surface area (TPSA) is 29.1 Å². The average molecular weight is 311 g/mol. The second-order valence-electron chi connectivity index (χ2n) is 6.02. The molecule has 116 valence electrons. The number of hydrogen-bond donors (Lipinski definition) is 1. The van der Waals surface area contributed by atoms with Crippen LogP contribution >= 0.6 is 0 Å². The fraction of sp³-hybridized carbons (Fsp3) is 0.0455. The summed E-state index contributed by atoms with van der Waals surface area (Å²) in [5.74, 6) is -0.0754. The summed E-state index contributed by atoms with van der Waals surface area (Å²) < 4.78 is 0. The molecule has 0 spiro atoms. The minimum Gasteiger partial charge on any atom is -0.322 e. The number of nitrogens with one attached hydrogen (secondary N) is 1. The molecule has 0 aliphatic heterocycles. The SMILES string of the molecule is Cc1cccc(NC(=O)c2c3ccccc3cc3ccccc23)c1. The Labute approximate surface area is 140 Å². The monoisotopic (exact) mass is 311 g/mol. The highest BCUT2D eigenvalue weighted by molar-refractivity contribution is 6.21. The Balaban J connectivity index is 1.91. The molecule has 0 radical (unpaired) electrons. The Kier molecular flexibility index (Phi) is 3.51. The zero-order valence-corrected chi connectivity index (χ0v) is 13.4. The van der Waals surface area contributed by atoms with E-state index < -0.39 is 0 Å². The highest BCUT2D eigenvalue weighted by Gasteiger charge is 2.15. The van der Waals surface area contributed by atoms with Gasteiger partial charge in [0.15, 0.2) is 0 Å². The molecule has 0 saturated heterocycles. The van der Waals surface area contributed by atoms with Gasteiger partial charge in [-0.25, -0.2) is 0 Å². The zero-order chi connectivity index (χ0) is 16.5. The number of aryl methyl sites for hydroxylation is 1. The molecule has 1 amide bonds. The van der Waals surface area contributed by atoms with Gasteiger partial charge in [0.25, 0.3) is 5.91 Å². The molecule has 0 fully saturated rings. The summed E-state index contributed by atoms with van der Waals surface area (Å²) in [4.78, 5) is 13.0. The molecule has 0 aromatic heterocycles. The van der Waals surface area contributed by atoms with Gasteiger partial charge < -0.3 is 5.32 Å². The van der Waals surface area contributed by atoms with Gasteiger partial charge in [-0.1, -0.05) is 60.7 Å². The number of fused-ring (bicyclic) bond motifs is 2. The minimum atomic E-state index is -0.0754. The summed E-state index contributed by atoms with van der Waals surface area (Å²) in [6.07, 6.45) is 0. The molecule has 2 heteroatoms. The second kappa shape index (κ2) is 5.82. The fourth-order valence-electron chi connectivity index (χ4n) is 3.17. The maximum Gasteiger partial charge on any atom is 0.256 e. The van der Waals surface area contributed by atoms with Crippen LogP contribution in [0.1, 0.15) is 15.9 Å². The first-order valence-corrected chi connectivity index (χ1v) is 8.01. The van der Waals surface area contributed by atoms with E-state index in [1.807, 2.05) is 79.7 Å². The van der Waals surface area contributed by atoms with Crippen molar-refractivity contribution in [3.63, 3.8) is 0 Å². The average Bonchev–Trinajstić information content (AvgIpc) is 2.59. The molecule has 0 aliphatic rings. The number of carbonyl (C=O) groups is 1. The summed E-state index contributed by atoms with van der Waals surface area (Å²) in [6, 6.07) is 26.0. The highest BCUT2D eigenvalue weighted by atomic mass is 16.1. The smallest absolute Gasteiger partial charge is 0.256 e. The molecular weight excluding hydrogens is 294 g/mol. The van der Waals surface area contributed by atoms with Crippen LogP contribution in [0.25, 0.3) is 21.5 Å². The molecule has 4 aromatic rings. The van der Waals surface area contributed by atoms with E-state index in [2.05, 4.69) is 11.4 Å². The lowest BCUT2D eigenvalue weighted by Crippen LogP contribution is -2.13. The van der Waals surface area contributed by atoms with Crippen molar-refractivity contribution in [2.24, 2.45) is 0 Å². The predicted molar refractivity (Wildman–Crippen MR) is 101 cm³/mol. The predicted octanol–water partition coefficient (Wildman–Crippen LogP) is 5.55. The number of anilines is 1. The van der Waals surface area contributed by atoms with Crippen molar-refractivity contribution in [3.05, 3.63) is 90.0 Å². The molecule has 4 rings (SSSR count). The normalized spacial score (nSPS) is 10.9. The number of rotatable bonds is 2. The first-order chi connectivity index (χ1) is 11.7. The largest absolute Gasteiger partial charge is 0.322 e. The van der Waals surface area contributed by atoms with Gasteiger partial charge in [-0.15, -0.1) is 0 Å². The van der Waals surface area contributed by atoms with Crippen LogP contribution in [0.4, 0.5) is 5.69 Å². The lowest BCUT2D eigenvalue weighted by atomic mass is 9.96. The number of hydrogen-bond acceptors (Lipinski definition) is 1. The third kappa shape index (κ3) is 2.52. The third-order valence-corrected chi connectivity index (χ3v) is 4.27. The van der Waals surface area contributed by atoms with E-state index in [0.29, 0.717) is 0 Å². The van der Waals surface area contributed by atoms with Crippen molar-refractivity contribution in [2.45, 2.75) is 6.92 Å². The molecule has 0 bridgehead atoms. The Morgan fingerprint density at radius 1 is 0.750 bits per heavy atom. The van der Waals surface area contributed by atoms with Crippen molar-refractivity contribution in [2.75, 3.05) is 5.32 Å². The van der Waals surface area contributed by atoms with Crippen LogP contribution in [0.15, 0.2) is 78.9 Å². The van der Waals surface area contributed by atoms with Gasteiger partial charge in [0, 0.05) is 5.69 Å². The molecule has 0 heterocycles. The summed E-state index contributed by atoms with van der Waals surface area (Å²) >= 11 is 0. The van der Waals surface area contributed by atoms with Crippen LogP contribution in [0.2, 0.25) is 0 Å². The van der Waals surface area contributed by atoms with E-state index in [1.165, 1.54) is 0 Å². The zero-order valence-electron chi connectivity index (χ0n) is 13.4. The maximum atomic E-state index is 13.0. The van der Waals surface area contributed by atoms with Crippen LogP contribution in [-0.2, 0) is 0 Å². The van der Waals surface area contributed by atoms with Crippen molar-refractivity contribution in [1.29, 1.82) is 0 Å². The quantitative estimate of drug-likeness (QED) is 0.483. The summed E-state index contributed by atoms with van der Waals surface area (Å²) in [6.45, 7) is 2.02. The summed E-state index contributed by atoms with van der Waals surface area (Å²) in [7, 11) is 0. The fourth-order valence-corrected chi connectivity index (χ4v) is 3.17. The van der Waals surface area contributed by atoms with Gasteiger partial charge in [-0.05, 0) is 52.2 Å². The van der Waals surface area contributed by atoms with Crippen molar-refractivity contribution >= 4 is 33.1 Å². The summed E-state index contributed by atoms with van der Waals surface area (Å²) in [5.41, 5.74) is 2.66. The van der Waals surface area contributed by atoms with E-state index in [-0.39, 0.29) is 5.91 Å². The molecule has 0 saturated carbocycles. The molecule has 0 atom stereocenters. The van der Waals surface area contributed by atoms with Crippen LogP contribution in [0, 0.1) is 6.92 Å². The van der Waals surface area contributed by atoms with Crippen LogP contribution < -0.4 is 5.32 Å². The molecule has 4 aromatic carbocycles. The molecule has 1 N–H and O–H groups in total. The lowest BCUT2D eigenvalue weighted by Gasteiger charge is -2.12. The van der Waals surface area contributed by atoms with Crippen molar-refractivity contribution in [3.8, 4) is 0 Å². The Morgan fingerprint density at radius 3 is 2.00 bits per heavy atom. The number of benzene rings is 4. The Hall–Kier alpha value is -3.13. The van der Waals surface area contributed by atoms with Crippen molar-refractivity contribution in [1.82, 2.24) is 0 Å². The molecular formula is C22H17NO. The van der Waals surface area contributed by atoms with Crippen LogP contribution in [0.3, 0.4) is 0 Å². The minimum absolute atomic E-state index is 0.0754. The molecule has 2 nitrogen and oxygen atoms in total. The van der Waals surface area contributed by atoms with Gasteiger partial charge in [-0.3, -0.25) is 4.79 Å². The first-order valence-electron chi connectivity index (χ1n) is 8.01. The third-order valence-electron chi connectivity index (χ3n) is 4.27. The molecule has 0 unspecified atom stereocenters. The van der Waals surface area contributed by atoms with Gasteiger partial charge in [0.1, 0.15) is 0 Å². The van der Waals surface area contributed by atoms with Gasteiger partial charge in [-0.2, -0.15) is 0 Å². The first kappa shape index (κ1) is 14.5. The maximum absolute atomic E-state index is 13.0. The molecule has 24 heavy (non-hydrogen) atoms. The van der Waals surface area contributed by atoms with Gasteiger partial charge >= 0.3 is 0 Å².